The van der Waals surface area contributed by atoms with Gasteiger partial charge in [-0.2, -0.15) is 0 Å². The van der Waals surface area contributed by atoms with Gasteiger partial charge in [0, 0.05) is 25.0 Å². The average molecular weight is 194 g/mol. The summed E-state index contributed by atoms with van der Waals surface area (Å²) in [5, 5.41) is 3.28. The first-order chi connectivity index (χ1) is 6.93. The molecular formula is C11H18N2O. The minimum Gasteiger partial charge on any atom is -0.380 e. The minimum atomic E-state index is 0.758. The Morgan fingerprint density at radius 2 is 2.43 bits per heavy atom. The summed E-state index contributed by atoms with van der Waals surface area (Å²) in [6.07, 6.45) is 4.72. The highest BCUT2D eigenvalue weighted by atomic mass is 16.5. The molecule has 2 N–H and O–H groups in total. The van der Waals surface area contributed by atoms with Crippen LogP contribution in [-0.2, 0) is 11.3 Å². The van der Waals surface area contributed by atoms with Crippen molar-refractivity contribution in [3.8, 4) is 0 Å². The molecule has 1 aromatic rings. The summed E-state index contributed by atoms with van der Waals surface area (Å²) >= 11 is 0. The van der Waals surface area contributed by atoms with Gasteiger partial charge >= 0.3 is 0 Å². The molecule has 1 aromatic heterocycles. The third-order valence-corrected chi connectivity index (χ3v) is 1.87. The molecule has 0 aromatic carbocycles. The Kier molecular flexibility index (Phi) is 5.79. The Bertz CT molecular complexity index is 231. The molecule has 0 spiro atoms. The van der Waals surface area contributed by atoms with E-state index in [0.717, 1.165) is 32.7 Å². The summed E-state index contributed by atoms with van der Waals surface area (Å²) in [4.78, 5) is 3.13. The zero-order valence-corrected chi connectivity index (χ0v) is 8.46. The van der Waals surface area contributed by atoms with E-state index in [1.165, 1.54) is 5.69 Å². The van der Waals surface area contributed by atoms with Crippen LogP contribution in [0.15, 0.2) is 31.0 Å². The monoisotopic (exact) mass is 194 g/mol. The fourth-order valence-electron chi connectivity index (χ4n) is 1.11. The Balaban J connectivity index is 1.87. The second-order valence-electron chi connectivity index (χ2n) is 3.06. The van der Waals surface area contributed by atoms with Gasteiger partial charge in [-0.3, -0.25) is 0 Å². The lowest BCUT2D eigenvalue weighted by molar-refractivity contribution is 0.140. The van der Waals surface area contributed by atoms with Crippen LogP contribution in [0.1, 0.15) is 12.1 Å². The van der Waals surface area contributed by atoms with Gasteiger partial charge in [-0.25, -0.2) is 0 Å². The number of H-pyrrole nitrogens is 1. The summed E-state index contributed by atoms with van der Waals surface area (Å²) in [6.45, 7) is 6.92. The van der Waals surface area contributed by atoms with Gasteiger partial charge in [0.15, 0.2) is 0 Å². The summed E-state index contributed by atoms with van der Waals surface area (Å²) in [5.41, 5.74) is 1.20. The molecule has 14 heavy (non-hydrogen) atoms. The maximum absolute atomic E-state index is 5.35. The van der Waals surface area contributed by atoms with Crippen LogP contribution in [0.2, 0.25) is 0 Å². The molecule has 0 aliphatic rings. The van der Waals surface area contributed by atoms with Crippen molar-refractivity contribution in [1.29, 1.82) is 0 Å². The van der Waals surface area contributed by atoms with E-state index in [1.54, 1.807) is 0 Å². The molecule has 0 aliphatic heterocycles. The lowest BCUT2D eigenvalue weighted by atomic mass is 10.4. The lowest BCUT2D eigenvalue weighted by Gasteiger charge is -2.03. The molecule has 0 saturated carbocycles. The van der Waals surface area contributed by atoms with Gasteiger partial charge in [-0.05, 0) is 18.6 Å². The highest BCUT2D eigenvalue weighted by Crippen LogP contribution is 1.92. The Morgan fingerprint density at radius 3 is 3.14 bits per heavy atom. The molecule has 1 heterocycles. The van der Waals surface area contributed by atoms with Crippen LogP contribution in [0.3, 0.4) is 0 Å². The van der Waals surface area contributed by atoms with Crippen molar-refractivity contribution < 1.29 is 4.74 Å². The van der Waals surface area contributed by atoms with Crippen molar-refractivity contribution in [2.75, 3.05) is 19.8 Å². The molecule has 78 valence electrons. The van der Waals surface area contributed by atoms with Crippen LogP contribution < -0.4 is 5.32 Å². The third-order valence-electron chi connectivity index (χ3n) is 1.87. The van der Waals surface area contributed by atoms with Crippen LogP contribution in [0.4, 0.5) is 0 Å². The van der Waals surface area contributed by atoms with E-state index in [9.17, 15) is 0 Å². The van der Waals surface area contributed by atoms with Crippen LogP contribution in [-0.4, -0.2) is 24.7 Å². The molecule has 0 radical (unpaired) electrons. The molecule has 0 saturated heterocycles. The Labute approximate surface area is 85.2 Å². The van der Waals surface area contributed by atoms with Gasteiger partial charge < -0.3 is 15.0 Å². The maximum atomic E-state index is 5.35. The van der Waals surface area contributed by atoms with Crippen LogP contribution in [0.25, 0.3) is 0 Å². The van der Waals surface area contributed by atoms with Gasteiger partial charge in [0.2, 0.25) is 0 Å². The van der Waals surface area contributed by atoms with Crippen LogP contribution in [0, 0.1) is 0 Å². The van der Waals surface area contributed by atoms with E-state index in [2.05, 4.69) is 22.9 Å². The van der Waals surface area contributed by atoms with Gasteiger partial charge in [0.05, 0.1) is 13.2 Å². The molecule has 3 nitrogen and oxygen atoms in total. The number of ether oxygens (including phenoxy) is 1. The van der Waals surface area contributed by atoms with E-state index in [4.69, 9.17) is 4.74 Å². The predicted octanol–water partition coefficient (Wildman–Crippen LogP) is 1.70. The molecule has 0 bridgehead atoms. The SMILES string of the molecule is C=CCCOCCNCc1ccc[nH]1. The number of nitrogens with one attached hydrogen (secondary N) is 2. The van der Waals surface area contributed by atoms with Gasteiger partial charge in [0.1, 0.15) is 0 Å². The average Bonchev–Trinajstić information content (AvgIpc) is 2.69. The van der Waals surface area contributed by atoms with Crippen molar-refractivity contribution in [3.63, 3.8) is 0 Å². The summed E-state index contributed by atoms with van der Waals surface area (Å²) < 4.78 is 5.35. The summed E-state index contributed by atoms with van der Waals surface area (Å²) in [5.74, 6) is 0. The number of hydrogen-bond acceptors (Lipinski definition) is 2. The second kappa shape index (κ2) is 7.35. The quantitative estimate of drug-likeness (QED) is 0.488. The van der Waals surface area contributed by atoms with Crippen LogP contribution >= 0.6 is 0 Å². The largest absolute Gasteiger partial charge is 0.380 e. The summed E-state index contributed by atoms with van der Waals surface area (Å²) in [7, 11) is 0. The number of aromatic amines is 1. The predicted molar refractivity (Wildman–Crippen MR) is 58.1 cm³/mol. The van der Waals surface area contributed by atoms with Crippen molar-refractivity contribution in [2.45, 2.75) is 13.0 Å². The number of hydrogen-bond donors (Lipinski definition) is 2. The number of rotatable bonds is 8. The van der Waals surface area contributed by atoms with Crippen molar-refractivity contribution in [1.82, 2.24) is 10.3 Å². The normalized spacial score (nSPS) is 10.3. The van der Waals surface area contributed by atoms with E-state index in [-0.39, 0.29) is 0 Å². The van der Waals surface area contributed by atoms with E-state index < -0.39 is 0 Å². The topological polar surface area (TPSA) is 37.0 Å². The lowest BCUT2D eigenvalue weighted by Crippen LogP contribution is -2.19. The van der Waals surface area contributed by atoms with Crippen molar-refractivity contribution in [3.05, 3.63) is 36.7 Å². The molecule has 0 amide bonds. The van der Waals surface area contributed by atoms with Gasteiger partial charge in [0.25, 0.3) is 0 Å². The van der Waals surface area contributed by atoms with E-state index in [0.29, 0.717) is 0 Å². The fourth-order valence-corrected chi connectivity index (χ4v) is 1.11. The number of aromatic nitrogens is 1. The first-order valence-electron chi connectivity index (χ1n) is 4.95. The third kappa shape index (κ3) is 4.84. The zero-order chi connectivity index (χ0) is 10.1. The maximum Gasteiger partial charge on any atom is 0.0591 e. The highest BCUT2D eigenvalue weighted by Gasteiger charge is 1.91. The Morgan fingerprint density at radius 1 is 1.50 bits per heavy atom. The van der Waals surface area contributed by atoms with Crippen molar-refractivity contribution in [2.24, 2.45) is 0 Å². The molecule has 1 rings (SSSR count). The van der Waals surface area contributed by atoms with Gasteiger partial charge in [-0.1, -0.05) is 6.08 Å². The molecule has 3 heteroatoms. The second-order valence-corrected chi connectivity index (χ2v) is 3.06. The zero-order valence-electron chi connectivity index (χ0n) is 8.46. The van der Waals surface area contributed by atoms with Crippen molar-refractivity contribution >= 4 is 0 Å². The summed E-state index contributed by atoms with van der Waals surface area (Å²) in [6, 6.07) is 4.06. The first kappa shape index (κ1) is 11.0. The first-order valence-corrected chi connectivity index (χ1v) is 4.95. The smallest absolute Gasteiger partial charge is 0.0591 e. The molecular weight excluding hydrogens is 176 g/mol. The molecule has 0 unspecified atom stereocenters. The standard InChI is InChI=1S/C11H18N2O/c1-2-3-8-14-9-7-12-10-11-5-4-6-13-11/h2,4-6,12-13H,1,3,7-10H2. The Hall–Kier alpha value is -1.06. The minimum absolute atomic E-state index is 0.758. The molecule has 0 fully saturated rings. The fraction of sp³-hybridized carbons (Fsp3) is 0.455. The molecule has 0 atom stereocenters. The van der Waals surface area contributed by atoms with Gasteiger partial charge in [-0.15, -0.1) is 6.58 Å². The van der Waals surface area contributed by atoms with E-state index >= 15 is 0 Å². The van der Waals surface area contributed by atoms with Crippen LogP contribution in [0.5, 0.6) is 0 Å². The highest BCUT2D eigenvalue weighted by molar-refractivity contribution is 5.02. The van der Waals surface area contributed by atoms with E-state index in [1.807, 2.05) is 18.3 Å². The molecule has 0 aliphatic carbocycles.